The van der Waals surface area contributed by atoms with Gasteiger partial charge in [0.1, 0.15) is 18.4 Å². The summed E-state index contributed by atoms with van der Waals surface area (Å²) in [6.45, 7) is 7.04. The maximum atomic E-state index is 13.7. The molecule has 7 nitrogen and oxygen atoms in total. The summed E-state index contributed by atoms with van der Waals surface area (Å²) in [5.41, 5.74) is 3.06. The van der Waals surface area contributed by atoms with E-state index >= 15 is 0 Å². The van der Waals surface area contributed by atoms with Crippen molar-refractivity contribution in [2.45, 2.75) is 71.1 Å². The minimum absolute atomic E-state index is 0.00948. The number of hydrogen-bond acceptors (Lipinski definition) is 5. The Hall–Kier alpha value is -3.71. The second kappa shape index (κ2) is 15.9. The number of carbonyl (C=O) groups excluding carboxylic acids is 2. The van der Waals surface area contributed by atoms with Crippen molar-refractivity contribution in [2.24, 2.45) is 5.92 Å². The summed E-state index contributed by atoms with van der Waals surface area (Å²) >= 11 is 0. The number of carbonyl (C=O) groups is 2. The zero-order valence-corrected chi connectivity index (χ0v) is 24.4. The number of aromatic nitrogens is 1. The van der Waals surface area contributed by atoms with E-state index in [0.717, 1.165) is 67.8 Å². The lowest BCUT2D eigenvalue weighted by atomic mass is 10.0. The molecule has 0 aliphatic carbocycles. The zero-order chi connectivity index (χ0) is 28.9. The van der Waals surface area contributed by atoms with Gasteiger partial charge in [0.2, 0.25) is 11.8 Å². The lowest BCUT2D eigenvalue weighted by Crippen LogP contribution is -2.55. The van der Waals surface area contributed by atoms with Gasteiger partial charge in [-0.15, -0.1) is 0 Å². The first-order chi connectivity index (χ1) is 20.0. The molecular formula is C34H44N4O3. The van der Waals surface area contributed by atoms with Gasteiger partial charge >= 0.3 is 0 Å². The number of benzene rings is 2. The fourth-order valence-electron chi connectivity index (χ4n) is 5.06. The summed E-state index contributed by atoms with van der Waals surface area (Å²) in [4.78, 5) is 33.5. The summed E-state index contributed by atoms with van der Waals surface area (Å²) in [5.74, 6) is 1.13. The highest BCUT2D eigenvalue weighted by atomic mass is 16.5. The van der Waals surface area contributed by atoms with Crippen LogP contribution in [0.4, 0.5) is 0 Å². The molecule has 0 radical (unpaired) electrons. The Morgan fingerprint density at radius 2 is 1.56 bits per heavy atom. The van der Waals surface area contributed by atoms with Crippen LogP contribution in [-0.2, 0) is 29.0 Å². The summed E-state index contributed by atoms with van der Waals surface area (Å²) < 4.78 is 5.94. The van der Waals surface area contributed by atoms with Crippen LogP contribution in [0, 0.1) is 5.92 Å². The molecule has 2 unspecified atom stereocenters. The van der Waals surface area contributed by atoms with E-state index in [0.29, 0.717) is 25.4 Å². The van der Waals surface area contributed by atoms with Gasteiger partial charge in [0, 0.05) is 31.9 Å². The Kier molecular flexibility index (Phi) is 11.7. The van der Waals surface area contributed by atoms with Crippen molar-refractivity contribution in [3.05, 3.63) is 95.8 Å². The van der Waals surface area contributed by atoms with Crippen LogP contribution in [0.25, 0.3) is 0 Å². The first kappa shape index (κ1) is 30.3. The largest absolute Gasteiger partial charge is 0.489 e. The normalized spacial score (nSPS) is 14.9. The molecule has 1 saturated heterocycles. The number of amides is 2. The molecule has 41 heavy (non-hydrogen) atoms. The van der Waals surface area contributed by atoms with E-state index in [-0.39, 0.29) is 11.8 Å². The maximum Gasteiger partial charge on any atom is 0.245 e. The van der Waals surface area contributed by atoms with Gasteiger partial charge in [-0.25, -0.2) is 0 Å². The third-order valence-corrected chi connectivity index (χ3v) is 7.49. The van der Waals surface area contributed by atoms with Crippen LogP contribution in [-0.4, -0.2) is 53.4 Å². The Bertz CT molecular complexity index is 1200. The van der Waals surface area contributed by atoms with E-state index in [1.807, 2.05) is 71.6 Å². The molecule has 218 valence electrons. The Labute approximate surface area is 244 Å². The van der Waals surface area contributed by atoms with Gasteiger partial charge in [-0.1, -0.05) is 62.4 Å². The van der Waals surface area contributed by atoms with Crippen LogP contribution in [0.1, 0.15) is 56.2 Å². The van der Waals surface area contributed by atoms with E-state index in [1.165, 1.54) is 0 Å². The van der Waals surface area contributed by atoms with Crippen molar-refractivity contribution in [2.75, 3.05) is 19.6 Å². The van der Waals surface area contributed by atoms with E-state index in [4.69, 9.17) is 4.74 Å². The molecular weight excluding hydrogens is 512 g/mol. The van der Waals surface area contributed by atoms with Crippen LogP contribution >= 0.6 is 0 Å². The van der Waals surface area contributed by atoms with E-state index in [2.05, 4.69) is 29.5 Å². The number of pyridine rings is 1. The molecule has 1 aliphatic heterocycles. The van der Waals surface area contributed by atoms with Gasteiger partial charge in [0.05, 0.1) is 6.04 Å². The van der Waals surface area contributed by atoms with Gasteiger partial charge < -0.3 is 20.3 Å². The SMILES string of the molecule is CC(C)CCNC(Cc1cccnc1)C(=O)NC(Cc1ccc(OCc2ccccc2)cc1)C(=O)N1CCCCC1. The average molecular weight is 557 g/mol. The molecule has 1 aliphatic rings. The number of hydrogen-bond donors (Lipinski definition) is 2. The molecule has 3 aromatic rings. The van der Waals surface area contributed by atoms with Crippen LogP contribution < -0.4 is 15.4 Å². The second-order valence-corrected chi connectivity index (χ2v) is 11.3. The third kappa shape index (κ3) is 10.0. The maximum absolute atomic E-state index is 13.7. The predicted octanol–water partition coefficient (Wildman–Crippen LogP) is 4.95. The monoisotopic (exact) mass is 556 g/mol. The molecule has 0 bridgehead atoms. The molecule has 2 amide bonds. The molecule has 7 heteroatoms. The van der Waals surface area contributed by atoms with Gasteiger partial charge in [-0.2, -0.15) is 0 Å². The fourth-order valence-corrected chi connectivity index (χ4v) is 5.06. The number of ether oxygens (including phenoxy) is 1. The summed E-state index contributed by atoms with van der Waals surface area (Å²) in [6.07, 6.45) is 8.56. The van der Waals surface area contributed by atoms with Crippen molar-refractivity contribution >= 4 is 11.8 Å². The quantitative estimate of drug-likeness (QED) is 0.294. The van der Waals surface area contributed by atoms with Gasteiger partial charge in [-0.05, 0) is 79.5 Å². The summed E-state index contributed by atoms with van der Waals surface area (Å²) in [5, 5.41) is 6.58. The number of nitrogens with one attached hydrogen (secondary N) is 2. The molecule has 0 saturated carbocycles. The van der Waals surface area contributed by atoms with Crippen LogP contribution in [0.2, 0.25) is 0 Å². The Morgan fingerprint density at radius 3 is 2.24 bits per heavy atom. The first-order valence-corrected chi connectivity index (χ1v) is 14.9. The van der Waals surface area contributed by atoms with Crippen molar-refractivity contribution in [1.29, 1.82) is 0 Å². The minimum Gasteiger partial charge on any atom is -0.489 e. The number of piperidine rings is 1. The number of rotatable bonds is 14. The third-order valence-electron chi connectivity index (χ3n) is 7.49. The van der Waals surface area contributed by atoms with Crippen molar-refractivity contribution in [3.63, 3.8) is 0 Å². The zero-order valence-electron chi connectivity index (χ0n) is 24.4. The first-order valence-electron chi connectivity index (χ1n) is 14.9. The summed E-state index contributed by atoms with van der Waals surface area (Å²) in [6, 6.07) is 20.7. The van der Waals surface area contributed by atoms with Gasteiger partial charge in [-0.3, -0.25) is 14.6 Å². The Balaban J connectivity index is 1.45. The topological polar surface area (TPSA) is 83.6 Å². The van der Waals surface area contributed by atoms with Crippen LogP contribution in [0.5, 0.6) is 5.75 Å². The van der Waals surface area contributed by atoms with Crippen molar-refractivity contribution in [1.82, 2.24) is 20.5 Å². The van der Waals surface area contributed by atoms with E-state index < -0.39 is 12.1 Å². The summed E-state index contributed by atoms with van der Waals surface area (Å²) in [7, 11) is 0. The van der Waals surface area contributed by atoms with E-state index in [1.54, 1.807) is 12.4 Å². The second-order valence-electron chi connectivity index (χ2n) is 11.3. The molecule has 2 N–H and O–H groups in total. The highest BCUT2D eigenvalue weighted by Crippen LogP contribution is 2.18. The lowest BCUT2D eigenvalue weighted by molar-refractivity contribution is -0.137. The van der Waals surface area contributed by atoms with Crippen LogP contribution in [0.3, 0.4) is 0 Å². The minimum atomic E-state index is -0.639. The van der Waals surface area contributed by atoms with Crippen LogP contribution in [0.15, 0.2) is 79.1 Å². The van der Waals surface area contributed by atoms with Crippen molar-refractivity contribution in [3.8, 4) is 5.75 Å². The number of nitrogens with zero attached hydrogens (tertiary/aromatic N) is 2. The molecule has 1 fully saturated rings. The van der Waals surface area contributed by atoms with Gasteiger partial charge in [0.15, 0.2) is 0 Å². The van der Waals surface area contributed by atoms with Crippen molar-refractivity contribution < 1.29 is 14.3 Å². The fraction of sp³-hybridized carbons (Fsp3) is 0.441. The number of likely N-dealkylation sites (tertiary alicyclic amines) is 1. The molecule has 1 aromatic heterocycles. The molecule has 2 aromatic carbocycles. The predicted molar refractivity (Wildman–Crippen MR) is 162 cm³/mol. The van der Waals surface area contributed by atoms with E-state index in [9.17, 15) is 9.59 Å². The Morgan fingerprint density at radius 1 is 0.854 bits per heavy atom. The molecule has 2 heterocycles. The van der Waals surface area contributed by atoms with Gasteiger partial charge in [0.25, 0.3) is 0 Å². The lowest BCUT2D eigenvalue weighted by Gasteiger charge is -2.31. The average Bonchev–Trinajstić information content (AvgIpc) is 3.01. The highest BCUT2D eigenvalue weighted by Gasteiger charge is 2.30. The highest BCUT2D eigenvalue weighted by molar-refractivity contribution is 5.90. The smallest absolute Gasteiger partial charge is 0.245 e. The molecule has 4 rings (SSSR count). The standard InChI is InChI=1S/C34H44N4O3/c1-26(2)17-19-36-31(23-29-12-9-18-35-24-29)33(39)37-32(34(40)38-20-7-4-8-21-38)22-27-13-15-30(16-14-27)41-25-28-10-5-3-6-11-28/h3,5-6,9-16,18,24,26,31-32,36H,4,7-8,17,19-23,25H2,1-2H3,(H,37,39). The molecule has 0 spiro atoms. The molecule has 2 atom stereocenters.